The molecule has 1 aliphatic rings. The highest BCUT2D eigenvalue weighted by molar-refractivity contribution is 6.03. The number of nitrogens with zero attached hydrogens (tertiary/aromatic N) is 4. The number of nitrogens with one attached hydrogen (secondary N) is 2. The molecular formula is C33H35F3N6O3. The number of rotatable bonds is 9. The van der Waals surface area contributed by atoms with Gasteiger partial charge in [-0.3, -0.25) is 14.7 Å². The lowest BCUT2D eigenvalue weighted by atomic mass is 9.97. The molecule has 2 aromatic carbocycles. The number of alkyl carbamates (subject to hydrolysis) is 1. The molecule has 236 valence electrons. The number of aromatic nitrogens is 3. The van der Waals surface area contributed by atoms with Gasteiger partial charge >= 0.3 is 12.3 Å². The first-order valence-electron chi connectivity index (χ1n) is 14.5. The van der Waals surface area contributed by atoms with Crippen molar-refractivity contribution in [1.82, 2.24) is 25.0 Å². The van der Waals surface area contributed by atoms with Crippen molar-refractivity contribution < 1.29 is 27.5 Å². The first kappa shape index (κ1) is 31.7. The maximum Gasteiger partial charge on any atom is 0.435 e. The van der Waals surface area contributed by atoms with E-state index in [0.29, 0.717) is 17.3 Å². The minimum absolute atomic E-state index is 0.0540. The van der Waals surface area contributed by atoms with Crippen molar-refractivity contribution in [3.8, 4) is 5.69 Å². The molecule has 1 unspecified atom stereocenters. The quantitative estimate of drug-likeness (QED) is 0.215. The van der Waals surface area contributed by atoms with Crippen molar-refractivity contribution in [1.29, 1.82) is 0 Å². The lowest BCUT2D eigenvalue weighted by Gasteiger charge is -2.29. The topological polar surface area (TPSA) is 101 Å². The Morgan fingerprint density at radius 3 is 2.38 bits per heavy atom. The highest BCUT2D eigenvalue weighted by Crippen LogP contribution is 2.37. The lowest BCUT2D eigenvalue weighted by molar-refractivity contribution is -0.141. The summed E-state index contributed by atoms with van der Waals surface area (Å²) in [5.74, 6) is -0.761. The zero-order valence-corrected chi connectivity index (χ0v) is 25.4. The molecule has 12 heteroatoms. The van der Waals surface area contributed by atoms with Gasteiger partial charge in [-0.25, -0.2) is 9.48 Å². The molecule has 0 saturated heterocycles. The number of hydrogen-bond donors (Lipinski definition) is 2. The highest BCUT2D eigenvalue weighted by atomic mass is 19.4. The smallest absolute Gasteiger partial charge is 0.435 e. The van der Waals surface area contributed by atoms with E-state index >= 15 is 0 Å². The molecule has 45 heavy (non-hydrogen) atoms. The average Bonchev–Trinajstić information content (AvgIpc) is 3.73. The van der Waals surface area contributed by atoms with Crippen molar-refractivity contribution in [2.24, 2.45) is 0 Å². The monoisotopic (exact) mass is 620 g/mol. The van der Waals surface area contributed by atoms with E-state index in [1.807, 2.05) is 24.3 Å². The average molecular weight is 621 g/mol. The van der Waals surface area contributed by atoms with E-state index in [0.717, 1.165) is 34.7 Å². The molecule has 1 atom stereocenters. The van der Waals surface area contributed by atoms with Crippen molar-refractivity contribution in [2.75, 3.05) is 12.4 Å². The van der Waals surface area contributed by atoms with Crippen LogP contribution in [0.1, 0.15) is 72.5 Å². The summed E-state index contributed by atoms with van der Waals surface area (Å²) in [6.07, 6.45) is 0.244. The third kappa shape index (κ3) is 8.07. The van der Waals surface area contributed by atoms with Crippen LogP contribution in [-0.2, 0) is 17.5 Å². The van der Waals surface area contributed by atoms with Crippen LogP contribution in [0.15, 0.2) is 79.1 Å². The van der Waals surface area contributed by atoms with Crippen molar-refractivity contribution >= 4 is 17.7 Å². The zero-order valence-electron chi connectivity index (χ0n) is 25.4. The number of carbonyl (C=O) groups excluding carboxylic acids is 2. The van der Waals surface area contributed by atoms with Gasteiger partial charge in [-0.05, 0) is 93.7 Å². The predicted octanol–water partition coefficient (Wildman–Crippen LogP) is 6.75. The molecule has 2 aromatic heterocycles. The minimum Gasteiger partial charge on any atom is -0.444 e. The molecule has 5 rings (SSSR count). The van der Waals surface area contributed by atoms with E-state index in [1.54, 1.807) is 63.5 Å². The number of hydrogen-bond acceptors (Lipinski definition) is 6. The largest absolute Gasteiger partial charge is 0.444 e. The second-order valence-corrected chi connectivity index (χ2v) is 12.0. The van der Waals surface area contributed by atoms with E-state index in [4.69, 9.17) is 4.74 Å². The maximum absolute atomic E-state index is 13.8. The van der Waals surface area contributed by atoms with Crippen LogP contribution < -0.4 is 10.6 Å². The van der Waals surface area contributed by atoms with Crippen LogP contribution in [0.4, 0.5) is 23.7 Å². The molecule has 1 fully saturated rings. The molecule has 9 nitrogen and oxygen atoms in total. The number of pyridine rings is 1. The number of benzene rings is 2. The second kappa shape index (κ2) is 12.7. The molecule has 2 heterocycles. The van der Waals surface area contributed by atoms with E-state index in [2.05, 4.69) is 32.7 Å². The predicted molar refractivity (Wildman–Crippen MR) is 163 cm³/mol. The minimum atomic E-state index is -4.78. The molecule has 0 radical (unpaired) electrons. The Morgan fingerprint density at radius 1 is 1.00 bits per heavy atom. The second-order valence-electron chi connectivity index (χ2n) is 12.0. The van der Waals surface area contributed by atoms with Crippen LogP contribution in [0.5, 0.6) is 0 Å². The summed E-state index contributed by atoms with van der Waals surface area (Å²) in [5.41, 5.74) is 0.981. The number of anilines is 1. The Kier molecular flexibility index (Phi) is 8.96. The van der Waals surface area contributed by atoms with Gasteiger partial charge in [0.25, 0.3) is 5.91 Å². The molecular weight excluding hydrogens is 585 g/mol. The molecule has 4 aromatic rings. The Bertz CT molecular complexity index is 1660. The summed E-state index contributed by atoms with van der Waals surface area (Å²) in [7, 11) is 2.06. The van der Waals surface area contributed by atoms with E-state index in [1.165, 1.54) is 6.07 Å². The molecule has 0 bridgehead atoms. The molecule has 2 amide bonds. The number of carbonyl (C=O) groups is 2. The standard InChI is InChI=1S/C33H35F3N6O3/c1-32(2,3)45-31(44)38-20-21-7-5-10-26(17-21)42-27(19-28(40-42)33(34,35)36)30(43)39-24-9-6-8-23(18-24)29(41(4)25-11-12-25)22-13-15-37-16-14-22/h5-10,13-19,25,29H,11-12,20H2,1-4H3,(H,38,44)(H,39,43). The van der Waals surface area contributed by atoms with Gasteiger partial charge in [0, 0.05) is 36.7 Å². The fraction of sp³-hybridized carbons (Fsp3) is 0.333. The van der Waals surface area contributed by atoms with Gasteiger partial charge in [-0.2, -0.15) is 18.3 Å². The van der Waals surface area contributed by atoms with Crippen LogP contribution in [0.25, 0.3) is 5.69 Å². The summed E-state index contributed by atoms with van der Waals surface area (Å²) in [6.45, 7) is 5.26. The number of amides is 2. The third-order valence-corrected chi connectivity index (χ3v) is 7.24. The van der Waals surface area contributed by atoms with Crippen LogP contribution in [-0.4, -0.2) is 50.4 Å². The van der Waals surface area contributed by atoms with Gasteiger partial charge in [-0.15, -0.1) is 0 Å². The molecule has 1 aliphatic carbocycles. The van der Waals surface area contributed by atoms with Gasteiger partial charge in [-0.1, -0.05) is 24.3 Å². The van der Waals surface area contributed by atoms with Crippen molar-refractivity contribution in [3.05, 3.63) is 107 Å². The van der Waals surface area contributed by atoms with Crippen LogP contribution in [0.2, 0.25) is 0 Å². The van der Waals surface area contributed by atoms with Gasteiger partial charge in [0.05, 0.1) is 11.7 Å². The Balaban J connectivity index is 1.41. The van der Waals surface area contributed by atoms with E-state index in [9.17, 15) is 22.8 Å². The van der Waals surface area contributed by atoms with Crippen LogP contribution in [0.3, 0.4) is 0 Å². The zero-order chi connectivity index (χ0) is 32.4. The Morgan fingerprint density at radius 2 is 1.71 bits per heavy atom. The summed E-state index contributed by atoms with van der Waals surface area (Å²) in [4.78, 5) is 32.1. The fourth-order valence-corrected chi connectivity index (χ4v) is 5.05. The van der Waals surface area contributed by atoms with Crippen molar-refractivity contribution in [2.45, 2.75) is 64.0 Å². The maximum atomic E-state index is 13.8. The Labute approximate surface area is 259 Å². The fourth-order valence-electron chi connectivity index (χ4n) is 5.05. The summed E-state index contributed by atoms with van der Waals surface area (Å²) in [5, 5.41) is 9.13. The van der Waals surface area contributed by atoms with Gasteiger partial charge in [0.1, 0.15) is 11.3 Å². The van der Waals surface area contributed by atoms with E-state index in [-0.39, 0.29) is 24.0 Å². The normalized spacial score (nSPS) is 14.2. The van der Waals surface area contributed by atoms with Gasteiger partial charge < -0.3 is 15.4 Å². The summed E-state index contributed by atoms with van der Waals surface area (Å²) >= 11 is 0. The molecule has 0 spiro atoms. The summed E-state index contributed by atoms with van der Waals surface area (Å²) in [6, 6.07) is 18.6. The molecule has 2 N–H and O–H groups in total. The number of alkyl halides is 3. The highest BCUT2D eigenvalue weighted by Gasteiger charge is 2.36. The first-order chi connectivity index (χ1) is 21.3. The van der Waals surface area contributed by atoms with E-state index < -0.39 is 29.5 Å². The van der Waals surface area contributed by atoms with Crippen LogP contribution >= 0.6 is 0 Å². The van der Waals surface area contributed by atoms with Gasteiger partial charge in [0.2, 0.25) is 0 Å². The number of halogens is 3. The first-order valence-corrected chi connectivity index (χ1v) is 14.5. The SMILES string of the molecule is CN(C1CC1)C(c1ccncc1)c1cccc(NC(=O)c2cc(C(F)(F)F)nn2-c2cccc(CNC(=O)OC(C)(C)C)c2)c1. The van der Waals surface area contributed by atoms with Crippen LogP contribution in [0, 0.1) is 0 Å². The van der Waals surface area contributed by atoms with Gasteiger partial charge in [0.15, 0.2) is 5.69 Å². The number of ether oxygens (including phenoxy) is 1. The Hall–Kier alpha value is -4.71. The third-order valence-electron chi connectivity index (χ3n) is 7.24. The molecule has 0 aliphatic heterocycles. The summed E-state index contributed by atoms with van der Waals surface area (Å²) < 4.78 is 47.6. The lowest BCUT2D eigenvalue weighted by Crippen LogP contribution is -2.32. The van der Waals surface area contributed by atoms with Crippen molar-refractivity contribution in [3.63, 3.8) is 0 Å². The molecule has 1 saturated carbocycles.